The van der Waals surface area contributed by atoms with Crippen LogP contribution in [0.15, 0.2) is 48.5 Å². The van der Waals surface area contributed by atoms with Gasteiger partial charge in [0.15, 0.2) is 0 Å². The third kappa shape index (κ3) is 7.69. The number of benzene rings is 2. The van der Waals surface area contributed by atoms with Crippen LogP contribution < -0.4 is 4.90 Å². The number of likely N-dealkylation sites (N-methyl/N-ethyl adjacent to an activating group) is 1. The fourth-order valence-corrected chi connectivity index (χ4v) is 2.94. The minimum absolute atomic E-state index is 0.00401. The minimum atomic E-state index is -3.43. The first-order chi connectivity index (χ1) is 14.3. The molecule has 0 aliphatic carbocycles. The Morgan fingerprint density at radius 3 is 2.27 bits per heavy atom. The zero-order chi connectivity index (χ0) is 22.0. The maximum Gasteiger partial charge on any atom is 0.264 e. The second kappa shape index (κ2) is 11.1. The summed E-state index contributed by atoms with van der Waals surface area (Å²) in [5.74, 6) is 0. The van der Waals surface area contributed by atoms with Gasteiger partial charge in [-0.05, 0) is 41.5 Å². The molecular weight excluding hydrogens is 402 g/mol. The van der Waals surface area contributed by atoms with E-state index in [1.165, 1.54) is 0 Å². The predicted octanol–water partition coefficient (Wildman–Crippen LogP) is 3.05. The van der Waals surface area contributed by atoms with Gasteiger partial charge >= 0.3 is 0 Å². The molecule has 0 saturated carbocycles. The Bertz CT molecular complexity index is 1050. The van der Waals surface area contributed by atoms with Crippen molar-refractivity contribution in [3.8, 4) is 12.1 Å². The molecule has 2 rings (SSSR count). The van der Waals surface area contributed by atoms with Gasteiger partial charge in [0.25, 0.3) is 10.1 Å². The Balaban J connectivity index is 1.90. The zero-order valence-electron chi connectivity index (χ0n) is 16.9. The fraction of sp³-hybridized carbons (Fsp3) is 0.273. The highest BCUT2D eigenvalue weighted by molar-refractivity contribution is 7.85. The Kier molecular flexibility index (Phi) is 8.57. The van der Waals surface area contributed by atoms with Crippen LogP contribution in [0.5, 0.6) is 0 Å². The van der Waals surface area contributed by atoms with Gasteiger partial charge < -0.3 is 9.64 Å². The van der Waals surface area contributed by atoms with Crippen LogP contribution in [0.3, 0.4) is 0 Å². The lowest BCUT2D eigenvalue weighted by Crippen LogP contribution is -2.23. The molecule has 2 aromatic rings. The quantitative estimate of drug-likeness (QED) is 0.249. The van der Waals surface area contributed by atoms with Gasteiger partial charge in [-0.1, -0.05) is 24.3 Å². The smallest absolute Gasteiger partial charge is 0.264 e. The number of allylic oxidation sites excluding steroid dienone is 1. The molecule has 0 N–H and O–H groups in total. The maximum absolute atomic E-state index is 10.9. The molecule has 0 saturated heterocycles. The largest absolute Gasteiger partial charge is 0.377 e. The molecule has 156 valence electrons. The van der Waals surface area contributed by atoms with Crippen molar-refractivity contribution < 1.29 is 17.3 Å². The van der Waals surface area contributed by atoms with Crippen LogP contribution in [-0.2, 0) is 19.0 Å². The van der Waals surface area contributed by atoms with E-state index in [9.17, 15) is 13.7 Å². The molecule has 0 spiro atoms. The van der Waals surface area contributed by atoms with E-state index in [4.69, 9.17) is 10.00 Å². The number of nitrogens with zero attached hydrogens (tertiary/aromatic N) is 3. The van der Waals surface area contributed by atoms with Crippen LogP contribution in [0.4, 0.5) is 5.69 Å². The van der Waals surface area contributed by atoms with Crippen molar-refractivity contribution >= 4 is 27.5 Å². The molecule has 0 fully saturated rings. The molecule has 2 aromatic carbocycles. The van der Waals surface area contributed by atoms with E-state index in [1.807, 2.05) is 36.2 Å². The summed E-state index contributed by atoms with van der Waals surface area (Å²) in [7, 11) is -1.51. The molecule has 7 nitrogen and oxygen atoms in total. The van der Waals surface area contributed by atoms with E-state index in [0.29, 0.717) is 24.3 Å². The maximum atomic E-state index is 10.9. The molecule has 0 atom stereocenters. The summed E-state index contributed by atoms with van der Waals surface area (Å²) in [6, 6.07) is 18.9. The lowest BCUT2D eigenvalue weighted by Gasteiger charge is -2.19. The van der Waals surface area contributed by atoms with Gasteiger partial charge in [0.1, 0.15) is 0 Å². The Morgan fingerprint density at radius 1 is 1.03 bits per heavy atom. The van der Waals surface area contributed by atoms with E-state index in [2.05, 4.69) is 16.3 Å². The summed E-state index contributed by atoms with van der Waals surface area (Å²) in [5, 5.41) is 18.3. The van der Waals surface area contributed by atoms with Crippen molar-refractivity contribution in [2.75, 3.05) is 44.6 Å². The van der Waals surface area contributed by atoms with Crippen molar-refractivity contribution in [1.29, 1.82) is 10.5 Å². The Hall–Kier alpha value is -3.17. The van der Waals surface area contributed by atoms with Crippen molar-refractivity contribution in [3.63, 3.8) is 0 Å². The summed E-state index contributed by atoms with van der Waals surface area (Å²) >= 11 is 0. The number of rotatable bonds is 10. The SMILES string of the molecule is CN(CCOCCOS(C)(=O)=O)c1ccc(/C=C(\C#N)c2ccc(C#N)cc2)cc1. The van der Waals surface area contributed by atoms with Crippen LogP contribution in [0, 0.1) is 22.7 Å². The van der Waals surface area contributed by atoms with E-state index in [-0.39, 0.29) is 13.2 Å². The van der Waals surface area contributed by atoms with Crippen LogP contribution in [0.25, 0.3) is 11.6 Å². The average Bonchev–Trinajstić information content (AvgIpc) is 2.74. The van der Waals surface area contributed by atoms with Crippen molar-refractivity contribution in [3.05, 3.63) is 65.2 Å². The third-order valence-electron chi connectivity index (χ3n) is 4.19. The van der Waals surface area contributed by atoms with E-state index in [0.717, 1.165) is 23.1 Å². The number of anilines is 1. The van der Waals surface area contributed by atoms with Crippen LogP contribution >= 0.6 is 0 Å². The van der Waals surface area contributed by atoms with Gasteiger partial charge in [-0.15, -0.1) is 0 Å². The topological polar surface area (TPSA) is 103 Å². The normalized spacial score (nSPS) is 11.5. The third-order valence-corrected chi connectivity index (χ3v) is 4.78. The fourth-order valence-electron chi connectivity index (χ4n) is 2.57. The van der Waals surface area contributed by atoms with Crippen molar-refractivity contribution in [2.24, 2.45) is 0 Å². The molecule has 0 aliphatic heterocycles. The highest BCUT2D eigenvalue weighted by Gasteiger charge is 2.05. The van der Waals surface area contributed by atoms with Gasteiger partial charge in [0.05, 0.1) is 49.4 Å². The van der Waals surface area contributed by atoms with Crippen LogP contribution in [0.1, 0.15) is 16.7 Å². The van der Waals surface area contributed by atoms with E-state index < -0.39 is 10.1 Å². The summed E-state index contributed by atoms with van der Waals surface area (Å²) < 4.78 is 31.7. The second-order valence-electron chi connectivity index (χ2n) is 6.51. The van der Waals surface area contributed by atoms with Gasteiger partial charge in [0, 0.05) is 19.3 Å². The molecular formula is C22H23N3O4S. The standard InChI is InChI=1S/C22H23N3O4S/c1-25(11-12-28-13-14-29-30(2,26)27)22-9-5-18(6-10-22)15-21(17-24)20-7-3-19(16-23)4-8-20/h3-10,15H,11-14H2,1-2H3/b21-15+. The number of hydrogen-bond donors (Lipinski definition) is 0. The molecule has 0 bridgehead atoms. The lowest BCUT2D eigenvalue weighted by molar-refractivity contribution is 0.108. The number of ether oxygens (including phenoxy) is 1. The first-order valence-electron chi connectivity index (χ1n) is 9.18. The molecule has 0 radical (unpaired) electrons. The molecule has 0 heterocycles. The van der Waals surface area contributed by atoms with Gasteiger partial charge in [-0.2, -0.15) is 18.9 Å². The predicted molar refractivity (Wildman–Crippen MR) is 116 cm³/mol. The molecule has 8 heteroatoms. The van der Waals surface area contributed by atoms with Crippen molar-refractivity contribution in [1.82, 2.24) is 0 Å². The second-order valence-corrected chi connectivity index (χ2v) is 8.15. The molecule has 0 aliphatic rings. The molecule has 0 amide bonds. The first kappa shape index (κ1) is 23.1. The van der Waals surface area contributed by atoms with E-state index >= 15 is 0 Å². The van der Waals surface area contributed by atoms with E-state index in [1.54, 1.807) is 30.3 Å². The average molecular weight is 426 g/mol. The summed E-state index contributed by atoms with van der Waals surface area (Å²) in [4.78, 5) is 2.01. The number of hydrogen-bond acceptors (Lipinski definition) is 7. The summed E-state index contributed by atoms with van der Waals surface area (Å²) in [6.07, 6.45) is 2.81. The van der Waals surface area contributed by atoms with Crippen LogP contribution in [-0.4, -0.2) is 48.1 Å². The first-order valence-corrected chi connectivity index (χ1v) is 11.0. The zero-order valence-corrected chi connectivity index (χ0v) is 17.7. The number of nitriles is 2. The Morgan fingerprint density at radius 2 is 1.70 bits per heavy atom. The van der Waals surface area contributed by atoms with Gasteiger partial charge in [-0.25, -0.2) is 0 Å². The Labute approximate surface area is 177 Å². The molecule has 30 heavy (non-hydrogen) atoms. The highest BCUT2D eigenvalue weighted by atomic mass is 32.2. The summed E-state index contributed by atoms with van der Waals surface area (Å²) in [6.45, 7) is 1.27. The molecule has 0 unspecified atom stereocenters. The summed E-state index contributed by atoms with van der Waals surface area (Å²) in [5.41, 5.74) is 3.71. The van der Waals surface area contributed by atoms with Crippen molar-refractivity contribution in [2.45, 2.75) is 0 Å². The van der Waals surface area contributed by atoms with Gasteiger partial charge in [-0.3, -0.25) is 4.18 Å². The minimum Gasteiger partial charge on any atom is -0.377 e. The molecule has 0 aromatic heterocycles. The van der Waals surface area contributed by atoms with Gasteiger partial charge in [0.2, 0.25) is 0 Å². The lowest BCUT2D eigenvalue weighted by atomic mass is 10.0. The monoisotopic (exact) mass is 425 g/mol. The highest BCUT2D eigenvalue weighted by Crippen LogP contribution is 2.20. The van der Waals surface area contributed by atoms with Crippen LogP contribution in [0.2, 0.25) is 0 Å².